The number of anilines is 1. The molecule has 0 aliphatic carbocycles. The number of ether oxygens (including phenoxy) is 1. The first-order valence-corrected chi connectivity index (χ1v) is 8.40. The molecule has 0 bridgehead atoms. The van der Waals surface area contributed by atoms with Crippen molar-refractivity contribution in [3.05, 3.63) is 47.2 Å². The number of benzene rings is 1. The molecule has 1 saturated heterocycles. The van der Waals surface area contributed by atoms with Crippen molar-refractivity contribution in [2.24, 2.45) is 0 Å². The molecule has 1 N–H and O–H groups in total. The molecular weight excluding hydrogens is 328 g/mol. The van der Waals surface area contributed by atoms with Gasteiger partial charge < -0.3 is 14.7 Å². The zero-order valence-electron chi connectivity index (χ0n) is 13.4. The lowest BCUT2D eigenvalue weighted by Gasteiger charge is -2.35. The van der Waals surface area contributed by atoms with Crippen LogP contribution >= 0.6 is 11.6 Å². The van der Waals surface area contributed by atoms with Gasteiger partial charge in [0, 0.05) is 37.7 Å². The zero-order valence-corrected chi connectivity index (χ0v) is 14.2. The Morgan fingerprint density at radius 2 is 2.00 bits per heavy atom. The van der Waals surface area contributed by atoms with E-state index in [2.05, 4.69) is 25.8 Å². The number of hydrogen-bond donors (Lipinski definition) is 1. The quantitative estimate of drug-likeness (QED) is 0.859. The highest BCUT2D eigenvalue weighted by Gasteiger charge is 2.19. The van der Waals surface area contributed by atoms with Gasteiger partial charge in [-0.2, -0.15) is 4.98 Å². The van der Waals surface area contributed by atoms with E-state index in [0.717, 1.165) is 43.6 Å². The van der Waals surface area contributed by atoms with Gasteiger partial charge in [0.2, 0.25) is 5.88 Å². The summed E-state index contributed by atoms with van der Waals surface area (Å²) in [6.07, 6.45) is 3.31. The summed E-state index contributed by atoms with van der Waals surface area (Å²) in [4.78, 5) is 13.2. The maximum Gasteiger partial charge on any atom is 0.234 e. The number of hydrogen-bond acceptors (Lipinski definition) is 6. The monoisotopic (exact) mass is 348 g/mol. The topological polar surface area (TPSA) is 61.7 Å². The molecular formula is C17H21ClN4O2. The van der Waals surface area contributed by atoms with Crippen LogP contribution in [0.2, 0.25) is 5.02 Å². The fourth-order valence-corrected chi connectivity index (χ4v) is 2.95. The van der Waals surface area contributed by atoms with E-state index in [4.69, 9.17) is 21.4 Å². The van der Waals surface area contributed by atoms with Crippen LogP contribution in [0.4, 0.5) is 5.82 Å². The van der Waals surface area contributed by atoms with Crippen LogP contribution in [0.5, 0.6) is 5.88 Å². The van der Waals surface area contributed by atoms with Crippen LogP contribution < -0.4 is 9.64 Å². The second kappa shape index (κ2) is 8.28. The Balaban J connectivity index is 1.55. The molecule has 7 heteroatoms. The predicted octanol–water partition coefficient (Wildman–Crippen LogP) is 1.82. The number of rotatable bonds is 6. The highest BCUT2D eigenvalue weighted by atomic mass is 35.5. The first-order chi connectivity index (χ1) is 11.7. The molecule has 1 fully saturated rings. The Morgan fingerprint density at radius 3 is 2.75 bits per heavy atom. The van der Waals surface area contributed by atoms with Crippen molar-refractivity contribution in [2.75, 3.05) is 44.3 Å². The molecule has 2 heterocycles. The largest absolute Gasteiger partial charge is 0.474 e. The van der Waals surface area contributed by atoms with Gasteiger partial charge in [-0.1, -0.05) is 23.7 Å². The Morgan fingerprint density at radius 1 is 1.17 bits per heavy atom. The van der Waals surface area contributed by atoms with Gasteiger partial charge >= 0.3 is 0 Å². The normalized spacial score (nSPS) is 15.5. The Kier molecular flexibility index (Phi) is 5.85. The summed E-state index contributed by atoms with van der Waals surface area (Å²) in [6, 6.07) is 8.00. The first kappa shape index (κ1) is 17.0. The number of aliphatic hydroxyl groups is 1. The summed E-state index contributed by atoms with van der Waals surface area (Å²) in [7, 11) is 0. The van der Waals surface area contributed by atoms with E-state index >= 15 is 0 Å². The summed E-state index contributed by atoms with van der Waals surface area (Å²) in [5.74, 6) is 1.26. The van der Waals surface area contributed by atoms with E-state index in [0.29, 0.717) is 5.88 Å². The molecule has 1 aliphatic heterocycles. The van der Waals surface area contributed by atoms with Gasteiger partial charge in [0.15, 0.2) is 5.82 Å². The van der Waals surface area contributed by atoms with Gasteiger partial charge in [-0.05, 0) is 17.7 Å². The summed E-state index contributed by atoms with van der Waals surface area (Å²) in [5.41, 5.74) is 1.23. The van der Waals surface area contributed by atoms with Crippen molar-refractivity contribution < 1.29 is 9.84 Å². The summed E-state index contributed by atoms with van der Waals surface area (Å²) < 4.78 is 5.32. The summed E-state index contributed by atoms with van der Waals surface area (Å²) in [5, 5.41) is 9.59. The molecule has 128 valence electrons. The molecule has 0 radical (unpaired) electrons. The third-order valence-corrected chi connectivity index (χ3v) is 4.17. The molecule has 1 aromatic heterocycles. The van der Waals surface area contributed by atoms with Crippen LogP contribution in [-0.2, 0) is 6.54 Å². The van der Waals surface area contributed by atoms with E-state index in [9.17, 15) is 0 Å². The van der Waals surface area contributed by atoms with Crippen LogP contribution in [0.1, 0.15) is 5.56 Å². The second-order valence-electron chi connectivity index (χ2n) is 5.68. The van der Waals surface area contributed by atoms with Crippen molar-refractivity contribution >= 4 is 17.4 Å². The van der Waals surface area contributed by atoms with Crippen molar-refractivity contribution in [2.45, 2.75) is 6.54 Å². The number of halogens is 1. The molecule has 0 amide bonds. The van der Waals surface area contributed by atoms with Crippen LogP contribution in [0.3, 0.4) is 0 Å². The fourth-order valence-electron chi connectivity index (χ4n) is 2.74. The van der Waals surface area contributed by atoms with E-state index < -0.39 is 0 Å². The molecule has 3 rings (SSSR count). The van der Waals surface area contributed by atoms with Gasteiger partial charge in [-0.3, -0.25) is 9.88 Å². The Bertz CT molecular complexity index is 663. The smallest absolute Gasteiger partial charge is 0.234 e. The molecule has 0 atom stereocenters. The maximum absolute atomic E-state index is 8.82. The molecule has 0 spiro atoms. The van der Waals surface area contributed by atoms with Crippen molar-refractivity contribution in [3.63, 3.8) is 0 Å². The highest BCUT2D eigenvalue weighted by Crippen LogP contribution is 2.18. The molecule has 0 saturated carbocycles. The van der Waals surface area contributed by atoms with Crippen LogP contribution in [0, 0.1) is 0 Å². The van der Waals surface area contributed by atoms with Crippen molar-refractivity contribution in [3.8, 4) is 5.88 Å². The third kappa shape index (κ3) is 4.56. The van der Waals surface area contributed by atoms with E-state index in [1.807, 2.05) is 18.2 Å². The number of piperazine rings is 1. The lowest BCUT2D eigenvalue weighted by atomic mass is 10.2. The number of aromatic nitrogens is 2. The van der Waals surface area contributed by atoms with Crippen molar-refractivity contribution in [1.29, 1.82) is 0 Å². The van der Waals surface area contributed by atoms with Gasteiger partial charge in [-0.15, -0.1) is 0 Å². The number of aliphatic hydroxyl groups excluding tert-OH is 1. The molecule has 2 aromatic rings. The van der Waals surface area contributed by atoms with Crippen LogP contribution in [-0.4, -0.2) is 59.4 Å². The van der Waals surface area contributed by atoms with Gasteiger partial charge in [0.25, 0.3) is 0 Å². The summed E-state index contributed by atoms with van der Waals surface area (Å²) >= 11 is 6.05. The minimum atomic E-state index is -0.0336. The van der Waals surface area contributed by atoms with Gasteiger partial charge in [-0.25, -0.2) is 0 Å². The van der Waals surface area contributed by atoms with Gasteiger partial charge in [0.1, 0.15) is 6.61 Å². The van der Waals surface area contributed by atoms with E-state index in [1.165, 1.54) is 5.56 Å². The lowest BCUT2D eigenvalue weighted by Crippen LogP contribution is -2.46. The Labute approximate surface area is 146 Å². The zero-order chi connectivity index (χ0) is 16.8. The standard InChI is InChI=1S/C17H21ClN4O2/c18-15-3-1-2-14(10-15)13-21-4-6-22(7-5-21)16-11-19-12-17(20-16)24-9-8-23/h1-3,10-12,23H,4-9,13H2. The molecule has 1 aliphatic rings. The molecule has 1 aromatic carbocycles. The van der Waals surface area contributed by atoms with E-state index in [-0.39, 0.29) is 13.2 Å². The molecule has 24 heavy (non-hydrogen) atoms. The lowest BCUT2D eigenvalue weighted by molar-refractivity contribution is 0.196. The van der Waals surface area contributed by atoms with E-state index in [1.54, 1.807) is 12.4 Å². The first-order valence-electron chi connectivity index (χ1n) is 8.02. The Hall–Kier alpha value is -1.89. The predicted molar refractivity (Wildman–Crippen MR) is 93.6 cm³/mol. The van der Waals surface area contributed by atoms with Crippen molar-refractivity contribution in [1.82, 2.24) is 14.9 Å². The molecule has 6 nitrogen and oxygen atoms in total. The minimum Gasteiger partial charge on any atom is -0.474 e. The van der Waals surface area contributed by atoms with Gasteiger partial charge in [0.05, 0.1) is 19.0 Å². The number of nitrogens with zero attached hydrogens (tertiary/aromatic N) is 4. The summed E-state index contributed by atoms with van der Waals surface area (Å²) in [6.45, 7) is 4.78. The minimum absolute atomic E-state index is 0.0336. The third-order valence-electron chi connectivity index (χ3n) is 3.93. The maximum atomic E-state index is 8.82. The average Bonchev–Trinajstić information content (AvgIpc) is 2.61. The fraction of sp³-hybridized carbons (Fsp3) is 0.412. The molecule has 0 unspecified atom stereocenters. The highest BCUT2D eigenvalue weighted by molar-refractivity contribution is 6.30. The second-order valence-corrected chi connectivity index (χ2v) is 6.12. The van der Waals surface area contributed by atoms with Crippen LogP contribution in [0.25, 0.3) is 0 Å². The SMILES string of the molecule is OCCOc1cncc(N2CCN(Cc3cccc(Cl)c3)CC2)n1. The average molecular weight is 349 g/mol. The van der Waals surface area contributed by atoms with Crippen LogP contribution in [0.15, 0.2) is 36.7 Å².